The lowest BCUT2D eigenvalue weighted by atomic mass is 10.2. The van der Waals surface area contributed by atoms with Crippen molar-refractivity contribution in [1.29, 1.82) is 0 Å². The van der Waals surface area contributed by atoms with Gasteiger partial charge >= 0.3 is 7.59 Å². The van der Waals surface area contributed by atoms with E-state index in [4.69, 9.17) is 9.47 Å². The summed E-state index contributed by atoms with van der Waals surface area (Å²) in [5.41, 5.74) is 3.07. The molecule has 1 heterocycles. The van der Waals surface area contributed by atoms with Crippen molar-refractivity contribution in [2.45, 2.75) is 19.5 Å². The molecule has 6 nitrogen and oxygen atoms in total. The maximum absolute atomic E-state index is 14.6. The molecular weight excluding hydrogens is 421 g/mol. The first-order valence-corrected chi connectivity index (χ1v) is 12.4. The summed E-state index contributed by atoms with van der Waals surface area (Å²) in [6.45, 7) is 2.73. The van der Waals surface area contributed by atoms with Crippen LogP contribution in [0.25, 0.3) is 0 Å². The van der Waals surface area contributed by atoms with Crippen LogP contribution in [0.15, 0.2) is 78.9 Å². The number of hydrogen-bond acceptors (Lipinski definition) is 3. The zero-order chi connectivity index (χ0) is 22.4. The van der Waals surface area contributed by atoms with E-state index in [9.17, 15) is 4.57 Å². The van der Waals surface area contributed by atoms with Crippen LogP contribution in [0, 0.1) is 0 Å². The number of anilines is 1. The van der Waals surface area contributed by atoms with Crippen molar-refractivity contribution in [2.75, 3.05) is 32.4 Å². The minimum Gasteiger partial charge on any atom is -0.497 e. The lowest BCUT2D eigenvalue weighted by Crippen LogP contribution is -2.41. The number of ether oxygens (including phenoxy) is 2. The first kappa shape index (κ1) is 22.4. The van der Waals surface area contributed by atoms with Crippen molar-refractivity contribution >= 4 is 13.3 Å². The molecular formula is C25H30N3O3P. The Labute approximate surface area is 190 Å². The molecule has 0 saturated carbocycles. The molecule has 1 saturated heterocycles. The van der Waals surface area contributed by atoms with Gasteiger partial charge in [-0.1, -0.05) is 42.5 Å². The third kappa shape index (κ3) is 5.16. The van der Waals surface area contributed by atoms with Gasteiger partial charge in [0.2, 0.25) is 0 Å². The Hall–Kier alpha value is -2.79. The second-order valence-corrected chi connectivity index (χ2v) is 10.3. The van der Waals surface area contributed by atoms with Crippen molar-refractivity contribution in [3.05, 3.63) is 90.0 Å². The normalized spacial score (nSPS) is 16.4. The molecule has 0 bridgehead atoms. The number of benzene rings is 3. The zero-order valence-electron chi connectivity index (χ0n) is 18.6. The minimum atomic E-state index is -3.07. The van der Waals surface area contributed by atoms with Gasteiger partial charge in [-0.15, -0.1) is 0 Å². The van der Waals surface area contributed by atoms with Gasteiger partial charge in [0.25, 0.3) is 0 Å². The number of para-hydroxylation sites is 1. The standard InChI is InChI=1S/C25H30N3O3P/c1-30-24-13-9-21(10-14-24)19-27-17-6-18-28(20-22-11-15-25(31-2)16-12-22)32(27,29)26-23-7-4-3-5-8-23/h3-5,7-16H,6,17-20H2,1-2H3,(H,26,29). The highest BCUT2D eigenvalue weighted by Gasteiger charge is 2.40. The van der Waals surface area contributed by atoms with E-state index < -0.39 is 7.59 Å². The van der Waals surface area contributed by atoms with Crippen LogP contribution in [-0.2, 0) is 17.7 Å². The van der Waals surface area contributed by atoms with Gasteiger partial charge < -0.3 is 14.6 Å². The lowest BCUT2D eigenvalue weighted by Gasteiger charge is -2.43. The summed E-state index contributed by atoms with van der Waals surface area (Å²) >= 11 is 0. The maximum atomic E-state index is 14.6. The molecule has 1 aliphatic rings. The van der Waals surface area contributed by atoms with Crippen molar-refractivity contribution < 1.29 is 14.0 Å². The quantitative estimate of drug-likeness (QED) is 0.448. The third-order valence-corrected chi connectivity index (χ3v) is 8.46. The van der Waals surface area contributed by atoms with Gasteiger partial charge in [-0.25, -0.2) is 9.34 Å². The molecule has 3 aromatic carbocycles. The topological polar surface area (TPSA) is 54.0 Å². The number of nitrogens with zero attached hydrogens (tertiary/aromatic N) is 2. The molecule has 1 fully saturated rings. The summed E-state index contributed by atoms with van der Waals surface area (Å²) in [4.78, 5) is 0. The van der Waals surface area contributed by atoms with Crippen LogP contribution in [0.2, 0.25) is 0 Å². The van der Waals surface area contributed by atoms with Crippen LogP contribution in [0.1, 0.15) is 17.5 Å². The Morgan fingerprint density at radius 3 is 1.66 bits per heavy atom. The van der Waals surface area contributed by atoms with Crippen LogP contribution in [0.3, 0.4) is 0 Å². The Morgan fingerprint density at radius 2 is 1.22 bits per heavy atom. The molecule has 1 N–H and O–H groups in total. The molecule has 168 valence electrons. The summed E-state index contributed by atoms with van der Waals surface area (Å²) in [5.74, 6) is 1.64. The van der Waals surface area contributed by atoms with Gasteiger partial charge in [0, 0.05) is 31.9 Å². The third-order valence-electron chi connectivity index (χ3n) is 5.70. The van der Waals surface area contributed by atoms with E-state index in [1.807, 2.05) is 78.9 Å². The van der Waals surface area contributed by atoms with E-state index in [1.54, 1.807) is 14.2 Å². The fraction of sp³-hybridized carbons (Fsp3) is 0.280. The molecule has 3 aromatic rings. The van der Waals surface area contributed by atoms with Crippen LogP contribution in [-0.4, -0.2) is 36.6 Å². The van der Waals surface area contributed by atoms with Crippen molar-refractivity contribution in [2.24, 2.45) is 0 Å². The Morgan fingerprint density at radius 1 is 0.750 bits per heavy atom. The van der Waals surface area contributed by atoms with Gasteiger partial charge in [-0.3, -0.25) is 4.57 Å². The second kappa shape index (κ2) is 10.2. The van der Waals surface area contributed by atoms with Crippen molar-refractivity contribution in [3.63, 3.8) is 0 Å². The largest absolute Gasteiger partial charge is 0.497 e. The van der Waals surface area contributed by atoms with Crippen molar-refractivity contribution in [3.8, 4) is 11.5 Å². The SMILES string of the molecule is COc1ccc(CN2CCCN(Cc3ccc(OC)cc3)P2(=O)Nc2ccccc2)cc1. The van der Waals surface area contributed by atoms with Gasteiger partial charge in [0.1, 0.15) is 11.5 Å². The van der Waals surface area contributed by atoms with Crippen molar-refractivity contribution in [1.82, 2.24) is 9.34 Å². The lowest BCUT2D eigenvalue weighted by molar-refractivity contribution is 0.273. The molecule has 1 aliphatic heterocycles. The molecule has 0 aromatic heterocycles. The van der Waals surface area contributed by atoms with Gasteiger partial charge in [-0.2, -0.15) is 0 Å². The monoisotopic (exact) mass is 451 g/mol. The van der Waals surface area contributed by atoms with Gasteiger partial charge in [-0.05, 0) is 53.9 Å². The minimum absolute atomic E-state index is 0.597. The molecule has 7 heteroatoms. The average Bonchev–Trinajstić information content (AvgIpc) is 2.83. The van der Waals surface area contributed by atoms with E-state index >= 15 is 0 Å². The Kier molecular flexibility index (Phi) is 7.15. The van der Waals surface area contributed by atoms with E-state index in [2.05, 4.69) is 14.4 Å². The molecule has 0 unspecified atom stereocenters. The summed E-state index contributed by atoms with van der Waals surface area (Å²) in [6, 6.07) is 25.7. The Balaban J connectivity index is 1.61. The van der Waals surface area contributed by atoms with Crippen LogP contribution >= 0.6 is 7.59 Å². The van der Waals surface area contributed by atoms with Gasteiger partial charge in [0.15, 0.2) is 0 Å². The maximum Gasteiger partial charge on any atom is 0.309 e. The molecule has 0 aliphatic carbocycles. The van der Waals surface area contributed by atoms with E-state index in [0.717, 1.165) is 47.8 Å². The fourth-order valence-electron chi connectivity index (χ4n) is 3.94. The number of nitrogens with one attached hydrogen (secondary N) is 1. The molecule has 0 spiro atoms. The van der Waals surface area contributed by atoms with Crippen LogP contribution in [0.4, 0.5) is 5.69 Å². The molecule has 0 atom stereocenters. The Bertz CT molecular complexity index is 981. The highest BCUT2D eigenvalue weighted by Crippen LogP contribution is 2.56. The summed E-state index contributed by atoms with van der Waals surface area (Å²) < 4.78 is 29.4. The zero-order valence-corrected chi connectivity index (χ0v) is 19.5. The molecule has 4 rings (SSSR count). The molecule has 32 heavy (non-hydrogen) atoms. The molecule has 0 amide bonds. The smallest absolute Gasteiger partial charge is 0.309 e. The van der Waals surface area contributed by atoms with Crippen LogP contribution < -0.4 is 14.6 Å². The summed E-state index contributed by atoms with van der Waals surface area (Å²) in [7, 11) is 0.253. The second-order valence-electron chi connectivity index (χ2n) is 7.85. The number of methoxy groups -OCH3 is 2. The summed E-state index contributed by atoms with van der Waals surface area (Å²) in [6.07, 6.45) is 0.951. The highest BCUT2D eigenvalue weighted by atomic mass is 31.2. The molecule has 0 radical (unpaired) electrons. The summed E-state index contributed by atoms with van der Waals surface area (Å²) in [5, 5.41) is 3.40. The van der Waals surface area contributed by atoms with Gasteiger partial charge in [0.05, 0.1) is 14.2 Å². The highest BCUT2D eigenvalue weighted by molar-refractivity contribution is 7.60. The first-order chi connectivity index (χ1) is 15.6. The number of rotatable bonds is 8. The predicted octanol–water partition coefficient (Wildman–Crippen LogP) is 5.63. The first-order valence-electron chi connectivity index (χ1n) is 10.8. The van der Waals surface area contributed by atoms with E-state index in [-0.39, 0.29) is 0 Å². The van der Waals surface area contributed by atoms with E-state index in [0.29, 0.717) is 13.1 Å². The van der Waals surface area contributed by atoms with Crippen LogP contribution in [0.5, 0.6) is 11.5 Å². The van der Waals surface area contributed by atoms with E-state index in [1.165, 1.54) is 0 Å². The fourth-order valence-corrected chi connectivity index (χ4v) is 6.60. The average molecular weight is 452 g/mol. The number of hydrogen-bond donors (Lipinski definition) is 1. The predicted molar refractivity (Wildman–Crippen MR) is 129 cm³/mol.